The van der Waals surface area contributed by atoms with Crippen molar-refractivity contribution >= 4 is 5.96 Å². The summed E-state index contributed by atoms with van der Waals surface area (Å²) in [6.45, 7) is 2.35. The monoisotopic (exact) mass is 370 g/mol. The molecule has 0 amide bonds. The predicted octanol–water partition coefficient (Wildman–Crippen LogP) is 1.78. The summed E-state index contributed by atoms with van der Waals surface area (Å²) in [6, 6.07) is 12.0. The molecule has 27 heavy (non-hydrogen) atoms. The van der Waals surface area contributed by atoms with Gasteiger partial charge >= 0.3 is 0 Å². The van der Waals surface area contributed by atoms with E-state index in [9.17, 15) is 0 Å². The average Bonchev–Trinajstić information content (AvgIpc) is 3.12. The minimum Gasteiger partial charge on any atom is -0.488 e. The number of hydrogen-bond donors (Lipinski definition) is 2. The van der Waals surface area contributed by atoms with Crippen LogP contribution in [0.25, 0.3) is 0 Å². The first-order chi connectivity index (χ1) is 13.3. The molecule has 0 aliphatic carbocycles. The Labute approximate surface area is 159 Å². The molecule has 0 saturated carbocycles. The number of ether oxygens (including phenoxy) is 3. The van der Waals surface area contributed by atoms with Gasteiger partial charge in [0.05, 0.1) is 13.2 Å². The van der Waals surface area contributed by atoms with E-state index >= 15 is 0 Å². The minimum atomic E-state index is 0.117. The lowest BCUT2D eigenvalue weighted by molar-refractivity contribution is 0.143. The van der Waals surface area contributed by atoms with Crippen LogP contribution in [-0.4, -0.2) is 51.0 Å². The molecule has 1 aromatic carbocycles. The van der Waals surface area contributed by atoms with Crippen LogP contribution >= 0.6 is 0 Å². The average molecular weight is 370 g/mol. The van der Waals surface area contributed by atoms with Crippen LogP contribution in [0.15, 0.2) is 47.6 Å². The number of benzene rings is 1. The maximum absolute atomic E-state index is 5.94. The number of aromatic nitrogens is 1. The van der Waals surface area contributed by atoms with Gasteiger partial charge in [-0.2, -0.15) is 0 Å². The zero-order valence-electron chi connectivity index (χ0n) is 15.8. The van der Waals surface area contributed by atoms with Crippen LogP contribution in [-0.2, 0) is 17.7 Å². The molecule has 1 unspecified atom stereocenters. The molecule has 2 aromatic rings. The number of nitrogens with zero attached hydrogens (tertiary/aromatic N) is 2. The number of aliphatic imine (C=N–C) groups is 1. The summed E-state index contributed by atoms with van der Waals surface area (Å²) in [4.78, 5) is 8.55. The highest BCUT2D eigenvalue weighted by Gasteiger charge is 2.22. The fourth-order valence-corrected chi connectivity index (χ4v) is 2.82. The van der Waals surface area contributed by atoms with Crippen molar-refractivity contribution in [2.45, 2.75) is 19.1 Å². The van der Waals surface area contributed by atoms with E-state index in [1.54, 1.807) is 20.4 Å². The van der Waals surface area contributed by atoms with Gasteiger partial charge in [-0.3, -0.25) is 4.99 Å². The summed E-state index contributed by atoms with van der Waals surface area (Å²) < 4.78 is 16.4. The van der Waals surface area contributed by atoms with E-state index in [0.29, 0.717) is 32.2 Å². The second kappa shape index (κ2) is 9.78. The summed E-state index contributed by atoms with van der Waals surface area (Å²) in [5, 5.41) is 6.60. The molecular weight excluding hydrogens is 344 g/mol. The number of fused-ring (bicyclic) bond motifs is 1. The normalized spacial score (nSPS) is 15.8. The summed E-state index contributed by atoms with van der Waals surface area (Å²) in [6.07, 6.45) is 2.82. The quantitative estimate of drug-likeness (QED) is 0.419. The first-order valence-corrected chi connectivity index (χ1v) is 9.04. The summed E-state index contributed by atoms with van der Waals surface area (Å²) in [5.41, 5.74) is 2.30. The molecule has 1 atom stereocenters. The lowest BCUT2D eigenvalue weighted by atomic mass is 10.1. The highest BCUT2D eigenvalue weighted by atomic mass is 16.5. The van der Waals surface area contributed by atoms with E-state index in [1.165, 1.54) is 5.56 Å². The smallest absolute Gasteiger partial charge is 0.213 e. The van der Waals surface area contributed by atoms with Gasteiger partial charge in [0.1, 0.15) is 18.5 Å². The topological polar surface area (TPSA) is 77.0 Å². The number of guanidine groups is 1. The zero-order valence-corrected chi connectivity index (χ0v) is 15.8. The molecule has 7 heteroatoms. The molecular formula is C20H26N4O3. The maximum Gasteiger partial charge on any atom is 0.213 e. The first kappa shape index (κ1) is 19.0. The van der Waals surface area contributed by atoms with Crippen LogP contribution in [0, 0.1) is 0 Å². The van der Waals surface area contributed by atoms with Crippen molar-refractivity contribution in [1.29, 1.82) is 0 Å². The Balaban J connectivity index is 1.40. The third-order valence-electron chi connectivity index (χ3n) is 4.23. The van der Waals surface area contributed by atoms with Crippen LogP contribution < -0.4 is 20.1 Å². The minimum absolute atomic E-state index is 0.117. The fraction of sp³-hybridized carbons (Fsp3) is 0.400. The van der Waals surface area contributed by atoms with Gasteiger partial charge in [-0.25, -0.2) is 4.98 Å². The Morgan fingerprint density at radius 3 is 2.85 bits per heavy atom. The molecule has 0 spiro atoms. The van der Waals surface area contributed by atoms with E-state index in [2.05, 4.69) is 26.7 Å². The van der Waals surface area contributed by atoms with E-state index in [4.69, 9.17) is 14.2 Å². The molecule has 3 rings (SSSR count). The van der Waals surface area contributed by atoms with E-state index in [1.807, 2.05) is 30.3 Å². The Kier molecular flexibility index (Phi) is 6.87. The summed E-state index contributed by atoms with van der Waals surface area (Å²) in [5.74, 6) is 2.30. The molecule has 2 heterocycles. The van der Waals surface area contributed by atoms with Gasteiger partial charge in [0.2, 0.25) is 5.88 Å². The second-order valence-corrected chi connectivity index (χ2v) is 6.20. The standard InChI is InChI=1S/C20H26N4O3/c1-21-20(24-14-17-11-16-5-3-4-6-18(16)27-17)23-13-15-7-8-19(22-12-15)26-10-9-25-2/h3-8,12,17H,9-11,13-14H2,1-2H3,(H2,21,23,24). The number of methoxy groups -OCH3 is 1. The highest BCUT2D eigenvalue weighted by molar-refractivity contribution is 5.79. The number of rotatable bonds is 8. The van der Waals surface area contributed by atoms with Crippen molar-refractivity contribution in [2.24, 2.45) is 4.99 Å². The number of hydrogen-bond acceptors (Lipinski definition) is 5. The Bertz CT molecular complexity index is 724. The van der Waals surface area contributed by atoms with Crippen molar-refractivity contribution in [2.75, 3.05) is 33.9 Å². The van der Waals surface area contributed by atoms with Gasteiger partial charge in [-0.15, -0.1) is 0 Å². The van der Waals surface area contributed by atoms with Crippen LogP contribution in [0.2, 0.25) is 0 Å². The van der Waals surface area contributed by atoms with Gasteiger partial charge in [0.25, 0.3) is 0 Å². The fourth-order valence-electron chi connectivity index (χ4n) is 2.82. The molecule has 144 valence electrons. The third kappa shape index (κ3) is 5.59. The molecule has 1 aromatic heterocycles. The number of pyridine rings is 1. The van der Waals surface area contributed by atoms with Crippen LogP contribution in [0.4, 0.5) is 0 Å². The third-order valence-corrected chi connectivity index (χ3v) is 4.23. The SMILES string of the molecule is CN=C(NCc1ccc(OCCOC)nc1)NCC1Cc2ccccc2O1. The van der Waals surface area contributed by atoms with Crippen LogP contribution in [0.1, 0.15) is 11.1 Å². The van der Waals surface area contributed by atoms with Crippen molar-refractivity contribution in [1.82, 2.24) is 15.6 Å². The molecule has 1 aliphatic heterocycles. The molecule has 1 aliphatic rings. The summed E-state index contributed by atoms with van der Waals surface area (Å²) in [7, 11) is 3.40. The molecule has 7 nitrogen and oxygen atoms in total. The molecule has 2 N–H and O–H groups in total. The van der Waals surface area contributed by atoms with Gasteiger partial charge in [-0.1, -0.05) is 24.3 Å². The molecule has 0 radical (unpaired) electrons. The molecule has 0 fully saturated rings. The zero-order chi connectivity index (χ0) is 18.9. The van der Waals surface area contributed by atoms with Crippen molar-refractivity contribution in [3.05, 3.63) is 53.7 Å². The lowest BCUT2D eigenvalue weighted by Gasteiger charge is -2.15. The summed E-state index contributed by atoms with van der Waals surface area (Å²) >= 11 is 0. The van der Waals surface area contributed by atoms with Crippen LogP contribution in [0.3, 0.4) is 0 Å². The largest absolute Gasteiger partial charge is 0.488 e. The van der Waals surface area contributed by atoms with Crippen LogP contribution in [0.5, 0.6) is 11.6 Å². The predicted molar refractivity (Wildman–Crippen MR) is 104 cm³/mol. The Morgan fingerprint density at radius 2 is 2.11 bits per heavy atom. The van der Waals surface area contributed by atoms with Gasteiger partial charge in [0.15, 0.2) is 5.96 Å². The van der Waals surface area contributed by atoms with E-state index in [0.717, 1.165) is 23.7 Å². The number of para-hydroxylation sites is 1. The molecule has 0 bridgehead atoms. The maximum atomic E-state index is 5.94. The van der Waals surface area contributed by atoms with Crippen molar-refractivity contribution < 1.29 is 14.2 Å². The van der Waals surface area contributed by atoms with Gasteiger partial charge < -0.3 is 24.8 Å². The lowest BCUT2D eigenvalue weighted by Crippen LogP contribution is -2.41. The van der Waals surface area contributed by atoms with E-state index < -0.39 is 0 Å². The Morgan fingerprint density at radius 1 is 1.22 bits per heavy atom. The Hall–Kier alpha value is -2.80. The van der Waals surface area contributed by atoms with Gasteiger partial charge in [-0.05, 0) is 17.2 Å². The van der Waals surface area contributed by atoms with E-state index in [-0.39, 0.29) is 6.10 Å². The molecule has 0 saturated heterocycles. The first-order valence-electron chi connectivity index (χ1n) is 9.04. The van der Waals surface area contributed by atoms with Crippen molar-refractivity contribution in [3.63, 3.8) is 0 Å². The highest BCUT2D eigenvalue weighted by Crippen LogP contribution is 2.27. The van der Waals surface area contributed by atoms with Gasteiger partial charge in [0, 0.05) is 39.4 Å². The van der Waals surface area contributed by atoms with Crippen molar-refractivity contribution in [3.8, 4) is 11.6 Å². The second-order valence-electron chi connectivity index (χ2n) is 6.20. The number of nitrogens with one attached hydrogen (secondary N) is 2.